The molecule has 0 atom stereocenters. The number of ketones is 1. The lowest BCUT2D eigenvalue weighted by molar-refractivity contribution is -0.384. The summed E-state index contributed by atoms with van der Waals surface area (Å²) in [6.07, 6.45) is 0.228. The molecule has 0 bridgehead atoms. The second-order valence-electron chi connectivity index (χ2n) is 5.48. The van der Waals surface area contributed by atoms with Crippen LogP contribution in [0.5, 0.6) is 0 Å². The molecule has 0 aliphatic carbocycles. The first kappa shape index (κ1) is 19.6. The number of anilines is 1. The van der Waals surface area contributed by atoms with E-state index in [1.165, 1.54) is 6.07 Å². The van der Waals surface area contributed by atoms with Crippen molar-refractivity contribution in [2.24, 2.45) is 0 Å². The van der Waals surface area contributed by atoms with Crippen molar-refractivity contribution in [1.29, 1.82) is 0 Å². The molecule has 2 N–H and O–H groups in total. The van der Waals surface area contributed by atoms with Crippen LogP contribution in [0.3, 0.4) is 0 Å². The van der Waals surface area contributed by atoms with E-state index in [0.29, 0.717) is 24.3 Å². The largest absolute Gasteiger partial charge is 0.378 e. The number of hydrogen-bond acceptors (Lipinski definition) is 5. The number of nitro groups is 1. The molecule has 0 aliphatic heterocycles. The summed E-state index contributed by atoms with van der Waals surface area (Å²) in [7, 11) is 0. The molecule has 0 heterocycles. The maximum atomic E-state index is 12.0. The van der Waals surface area contributed by atoms with E-state index in [0.717, 1.165) is 4.47 Å². The number of nitro benzene ring substituents is 1. The van der Waals surface area contributed by atoms with E-state index in [1.807, 2.05) is 0 Å². The third kappa shape index (κ3) is 5.96. The Hall–Kier alpha value is -2.74. The number of para-hydroxylation sites is 2. The minimum atomic E-state index is -0.464. The molecule has 136 valence electrons. The van der Waals surface area contributed by atoms with E-state index in [1.54, 1.807) is 42.5 Å². The first-order valence-electron chi connectivity index (χ1n) is 8.00. The summed E-state index contributed by atoms with van der Waals surface area (Å²) < 4.78 is 0.887. The second kappa shape index (κ2) is 9.67. The Kier molecular flexibility index (Phi) is 7.28. The molecule has 0 spiro atoms. The maximum absolute atomic E-state index is 12.0. The molecule has 0 fully saturated rings. The van der Waals surface area contributed by atoms with Crippen molar-refractivity contribution in [1.82, 2.24) is 5.32 Å². The standard InChI is InChI=1S/C18H18BrN3O4/c19-14-7-5-13(6-8-14)17(23)9-10-18(24)21-12-11-20-15-3-1-2-4-16(15)22(25)26/h1-8,20H,9-12H2,(H,21,24). The zero-order valence-corrected chi connectivity index (χ0v) is 15.5. The highest BCUT2D eigenvalue weighted by Gasteiger charge is 2.12. The number of Topliss-reactive ketones (excluding diaryl/α,β-unsaturated/α-hetero) is 1. The first-order chi connectivity index (χ1) is 12.5. The van der Waals surface area contributed by atoms with Gasteiger partial charge in [-0.3, -0.25) is 19.7 Å². The molecule has 0 aromatic heterocycles. The Morgan fingerprint density at radius 1 is 1.00 bits per heavy atom. The zero-order valence-electron chi connectivity index (χ0n) is 13.9. The summed E-state index contributed by atoms with van der Waals surface area (Å²) in [5, 5.41) is 16.5. The lowest BCUT2D eigenvalue weighted by Crippen LogP contribution is -2.29. The molecule has 8 heteroatoms. The maximum Gasteiger partial charge on any atom is 0.292 e. The summed E-state index contributed by atoms with van der Waals surface area (Å²) in [6.45, 7) is 0.647. The van der Waals surface area contributed by atoms with Gasteiger partial charge in [0.15, 0.2) is 5.78 Å². The number of nitrogens with one attached hydrogen (secondary N) is 2. The summed E-state index contributed by atoms with van der Waals surface area (Å²) in [4.78, 5) is 34.3. The molecule has 0 radical (unpaired) electrons. The minimum absolute atomic E-state index is 0.0149. The normalized spacial score (nSPS) is 10.2. The van der Waals surface area contributed by atoms with Crippen molar-refractivity contribution in [2.45, 2.75) is 12.8 Å². The number of amides is 1. The second-order valence-corrected chi connectivity index (χ2v) is 6.40. The van der Waals surface area contributed by atoms with Crippen LogP contribution < -0.4 is 10.6 Å². The van der Waals surface area contributed by atoms with Crippen LogP contribution in [0.1, 0.15) is 23.2 Å². The Morgan fingerprint density at radius 3 is 2.38 bits per heavy atom. The number of halogens is 1. The minimum Gasteiger partial charge on any atom is -0.378 e. The highest BCUT2D eigenvalue weighted by Crippen LogP contribution is 2.22. The van der Waals surface area contributed by atoms with Crippen LogP contribution in [0.2, 0.25) is 0 Å². The third-order valence-corrected chi connectivity index (χ3v) is 4.14. The topological polar surface area (TPSA) is 101 Å². The van der Waals surface area contributed by atoms with Gasteiger partial charge in [-0.15, -0.1) is 0 Å². The van der Waals surface area contributed by atoms with Crippen LogP contribution in [0, 0.1) is 10.1 Å². The molecular formula is C18H18BrN3O4. The third-order valence-electron chi connectivity index (χ3n) is 3.61. The predicted molar refractivity (Wildman–Crippen MR) is 102 cm³/mol. The Bertz CT molecular complexity index is 793. The fourth-order valence-corrected chi connectivity index (χ4v) is 2.54. The number of nitrogens with zero attached hydrogens (tertiary/aromatic N) is 1. The smallest absolute Gasteiger partial charge is 0.292 e. The first-order valence-corrected chi connectivity index (χ1v) is 8.79. The van der Waals surface area contributed by atoms with E-state index < -0.39 is 4.92 Å². The number of rotatable bonds is 9. The number of carbonyl (C=O) groups is 2. The van der Waals surface area contributed by atoms with E-state index in [4.69, 9.17) is 0 Å². The fourth-order valence-electron chi connectivity index (χ4n) is 2.28. The van der Waals surface area contributed by atoms with Crippen LogP contribution in [-0.4, -0.2) is 29.7 Å². The van der Waals surface area contributed by atoms with Crippen LogP contribution in [0.25, 0.3) is 0 Å². The lowest BCUT2D eigenvalue weighted by atomic mass is 10.1. The van der Waals surface area contributed by atoms with Gasteiger partial charge in [0, 0.05) is 42.0 Å². The number of hydrogen-bond donors (Lipinski definition) is 2. The van der Waals surface area contributed by atoms with Crippen molar-refractivity contribution in [2.75, 3.05) is 18.4 Å². The van der Waals surface area contributed by atoms with Crippen molar-refractivity contribution in [3.05, 3.63) is 68.7 Å². The van der Waals surface area contributed by atoms with Gasteiger partial charge in [-0.05, 0) is 18.2 Å². The molecule has 2 aromatic carbocycles. The van der Waals surface area contributed by atoms with E-state index in [2.05, 4.69) is 26.6 Å². The summed E-state index contributed by atoms with van der Waals surface area (Å²) in [5.74, 6) is -0.328. The van der Waals surface area contributed by atoms with Gasteiger partial charge in [0.2, 0.25) is 5.91 Å². The van der Waals surface area contributed by atoms with Gasteiger partial charge in [-0.1, -0.05) is 40.2 Å². The quantitative estimate of drug-likeness (QED) is 0.280. The summed E-state index contributed by atoms with van der Waals surface area (Å²) >= 11 is 3.30. The molecule has 26 heavy (non-hydrogen) atoms. The molecule has 2 rings (SSSR count). The van der Waals surface area contributed by atoms with Crippen LogP contribution in [0.4, 0.5) is 11.4 Å². The van der Waals surface area contributed by atoms with Crippen LogP contribution in [-0.2, 0) is 4.79 Å². The Balaban J connectivity index is 1.70. The SMILES string of the molecule is O=C(CCC(=O)c1ccc(Br)cc1)NCCNc1ccccc1[N+](=O)[O-]. The van der Waals surface area contributed by atoms with Gasteiger partial charge in [0.05, 0.1) is 4.92 Å². The summed E-state index contributed by atoms with van der Waals surface area (Å²) in [6, 6.07) is 13.3. The molecule has 2 aromatic rings. The van der Waals surface area contributed by atoms with E-state index >= 15 is 0 Å². The van der Waals surface area contributed by atoms with Crippen molar-refractivity contribution >= 4 is 39.0 Å². The van der Waals surface area contributed by atoms with Crippen LogP contribution >= 0.6 is 15.9 Å². The molecule has 0 saturated heterocycles. The van der Waals surface area contributed by atoms with Gasteiger partial charge < -0.3 is 10.6 Å². The number of carbonyl (C=O) groups excluding carboxylic acids is 2. The van der Waals surface area contributed by atoms with Gasteiger partial charge in [0.25, 0.3) is 5.69 Å². The molecule has 0 saturated carbocycles. The molecule has 1 amide bonds. The van der Waals surface area contributed by atoms with E-state index in [-0.39, 0.29) is 30.2 Å². The van der Waals surface area contributed by atoms with Crippen molar-refractivity contribution in [3.8, 4) is 0 Å². The average molecular weight is 420 g/mol. The molecule has 0 unspecified atom stereocenters. The fraction of sp³-hybridized carbons (Fsp3) is 0.222. The van der Waals surface area contributed by atoms with Crippen molar-refractivity contribution < 1.29 is 14.5 Å². The predicted octanol–water partition coefficient (Wildman–Crippen LogP) is 3.55. The van der Waals surface area contributed by atoms with Gasteiger partial charge in [-0.2, -0.15) is 0 Å². The Morgan fingerprint density at radius 2 is 1.69 bits per heavy atom. The van der Waals surface area contributed by atoms with Crippen LogP contribution in [0.15, 0.2) is 53.0 Å². The highest BCUT2D eigenvalue weighted by molar-refractivity contribution is 9.10. The number of benzene rings is 2. The monoisotopic (exact) mass is 419 g/mol. The molecule has 7 nitrogen and oxygen atoms in total. The van der Waals surface area contributed by atoms with Gasteiger partial charge in [0.1, 0.15) is 5.69 Å². The highest BCUT2D eigenvalue weighted by atomic mass is 79.9. The van der Waals surface area contributed by atoms with Gasteiger partial charge >= 0.3 is 0 Å². The lowest BCUT2D eigenvalue weighted by Gasteiger charge is -2.08. The Labute approximate surface area is 159 Å². The average Bonchev–Trinajstić information content (AvgIpc) is 2.64. The summed E-state index contributed by atoms with van der Waals surface area (Å²) in [5.41, 5.74) is 0.954. The van der Waals surface area contributed by atoms with E-state index in [9.17, 15) is 19.7 Å². The van der Waals surface area contributed by atoms with Gasteiger partial charge in [-0.25, -0.2) is 0 Å². The molecular weight excluding hydrogens is 402 g/mol. The molecule has 0 aliphatic rings. The zero-order chi connectivity index (χ0) is 18.9. The van der Waals surface area contributed by atoms with Crippen molar-refractivity contribution in [3.63, 3.8) is 0 Å².